The minimum atomic E-state index is -0.531. The molecule has 1 heterocycles. The van der Waals surface area contributed by atoms with E-state index < -0.39 is 5.82 Å². The van der Waals surface area contributed by atoms with Gasteiger partial charge in [0.25, 0.3) is 0 Å². The highest BCUT2D eigenvalue weighted by molar-refractivity contribution is 7.09. The molecule has 0 fully saturated rings. The van der Waals surface area contributed by atoms with Gasteiger partial charge in [0.2, 0.25) is 0 Å². The van der Waals surface area contributed by atoms with Crippen LogP contribution < -0.4 is 4.74 Å². The summed E-state index contributed by atoms with van der Waals surface area (Å²) in [6.07, 6.45) is 0.755. The monoisotopic (exact) mass is 264 g/mol. The minimum Gasteiger partial charge on any atom is -0.492 e. The minimum absolute atomic E-state index is 0.0312. The zero-order valence-electron chi connectivity index (χ0n) is 9.98. The summed E-state index contributed by atoms with van der Waals surface area (Å²) in [5.74, 6) is -0.533. The van der Waals surface area contributed by atoms with Crippen molar-refractivity contribution in [3.8, 4) is 5.75 Å². The first-order valence-electron chi connectivity index (χ1n) is 5.63. The standard InChI is InChI=1S/C14H13FO2S/c1-10(16)14-12(15)5-2-6-13(14)17-8-7-11-4-3-9-18-11/h2-6,9H,7-8H2,1H3. The Hall–Kier alpha value is -1.68. The Bertz CT molecular complexity index is 535. The predicted octanol–water partition coefficient (Wildman–Crippen LogP) is 3.71. The van der Waals surface area contributed by atoms with Gasteiger partial charge in [-0.1, -0.05) is 12.1 Å². The Morgan fingerprint density at radius 3 is 2.83 bits per heavy atom. The molecule has 2 aromatic rings. The zero-order valence-corrected chi connectivity index (χ0v) is 10.8. The van der Waals surface area contributed by atoms with E-state index in [0.717, 1.165) is 6.42 Å². The Morgan fingerprint density at radius 2 is 2.17 bits per heavy atom. The van der Waals surface area contributed by atoms with Crippen molar-refractivity contribution in [2.75, 3.05) is 6.61 Å². The molecule has 0 radical (unpaired) electrons. The molecule has 0 aliphatic carbocycles. The van der Waals surface area contributed by atoms with Crippen LogP contribution >= 0.6 is 11.3 Å². The maximum absolute atomic E-state index is 13.5. The van der Waals surface area contributed by atoms with Gasteiger partial charge in [-0.05, 0) is 30.5 Å². The molecule has 94 valence electrons. The van der Waals surface area contributed by atoms with Crippen LogP contribution in [0.1, 0.15) is 22.2 Å². The molecule has 0 aliphatic heterocycles. The molecular formula is C14H13FO2S. The predicted molar refractivity (Wildman–Crippen MR) is 69.9 cm³/mol. The van der Waals surface area contributed by atoms with Crippen LogP contribution in [0.2, 0.25) is 0 Å². The second-order valence-electron chi connectivity index (χ2n) is 3.85. The molecule has 4 heteroatoms. The van der Waals surface area contributed by atoms with E-state index in [4.69, 9.17) is 4.74 Å². The van der Waals surface area contributed by atoms with E-state index in [1.54, 1.807) is 23.5 Å². The summed E-state index contributed by atoms with van der Waals surface area (Å²) in [7, 11) is 0. The topological polar surface area (TPSA) is 26.3 Å². The molecule has 0 saturated carbocycles. The lowest BCUT2D eigenvalue weighted by Crippen LogP contribution is -2.06. The Morgan fingerprint density at radius 1 is 1.33 bits per heavy atom. The third-order valence-corrected chi connectivity index (χ3v) is 3.45. The van der Waals surface area contributed by atoms with Crippen LogP contribution in [-0.4, -0.2) is 12.4 Å². The zero-order chi connectivity index (χ0) is 13.0. The molecule has 0 saturated heterocycles. The lowest BCUT2D eigenvalue weighted by atomic mass is 10.1. The third kappa shape index (κ3) is 2.96. The number of hydrogen-bond acceptors (Lipinski definition) is 3. The second kappa shape index (κ2) is 5.78. The fraction of sp³-hybridized carbons (Fsp3) is 0.214. The Balaban J connectivity index is 2.05. The van der Waals surface area contributed by atoms with Crippen molar-refractivity contribution in [1.82, 2.24) is 0 Å². The molecule has 0 aliphatic rings. The van der Waals surface area contributed by atoms with E-state index in [9.17, 15) is 9.18 Å². The van der Waals surface area contributed by atoms with E-state index in [1.807, 2.05) is 17.5 Å². The lowest BCUT2D eigenvalue weighted by molar-refractivity contribution is 0.101. The molecule has 0 bridgehead atoms. The van der Waals surface area contributed by atoms with Crippen molar-refractivity contribution in [3.63, 3.8) is 0 Å². The number of ether oxygens (including phenoxy) is 1. The number of carbonyl (C=O) groups excluding carboxylic acids is 1. The summed E-state index contributed by atoms with van der Waals surface area (Å²) in [5, 5.41) is 2.00. The highest BCUT2D eigenvalue weighted by atomic mass is 32.1. The van der Waals surface area contributed by atoms with Crippen LogP contribution in [0.25, 0.3) is 0 Å². The van der Waals surface area contributed by atoms with Crippen molar-refractivity contribution in [3.05, 3.63) is 52.0 Å². The Labute approximate surface area is 109 Å². The van der Waals surface area contributed by atoms with Gasteiger partial charge < -0.3 is 4.74 Å². The first-order valence-corrected chi connectivity index (χ1v) is 6.51. The summed E-state index contributed by atoms with van der Waals surface area (Å²) in [4.78, 5) is 12.6. The fourth-order valence-electron chi connectivity index (χ4n) is 1.68. The summed E-state index contributed by atoms with van der Waals surface area (Å²) in [6, 6.07) is 8.42. The molecule has 0 unspecified atom stereocenters. The van der Waals surface area contributed by atoms with Crippen molar-refractivity contribution in [1.29, 1.82) is 0 Å². The van der Waals surface area contributed by atoms with Gasteiger partial charge in [-0.2, -0.15) is 0 Å². The highest BCUT2D eigenvalue weighted by Gasteiger charge is 2.13. The molecule has 0 amide bonds. The SMILES string of the molecule is CC(=O)c1c(F)cccc1OCCc1cccs1. The van der Waals surface area contributed by atoms with Crippen molar-refractivity contribution in [2.24, 2.45) is 0 Å². The summed E-state index contributed by atoms with van der Waals surface area (Å²) in [6.45, 7) is 1.77. The van der Waals surface area contributed by atoms with Gasteiger partial charge in [0.15, 0.2) is 5.78 Å². The normalized spacial score (nSPS) is 10.3. The largest absolute Gasteiger partial charge is 0.492 e. The number of benzene rings is 1. The summed E-state index contributed by atoms with van der Waals surface area (Å²) < 4.78 is 19.0. The number of thiophene rings is 1. The molecule has 1 aromatic carbocycles. The quantitative estimate of drug-likeness (QED) is 0.769. The van der Waals surface area contributed by atoms with Gasteiger partial charge in [-0.25, -0.2) is 4.39 Å². The van der Waals surface area contributed by atoms with Crippen molar-refractivity contribution in [2.45, 2.75) is 13.3 Å². The molecular weight excluding hydrogens is 251 g/mol. The van der Waals surface area contributed by atoms with Crippen LogP contribution in [-0.2, 0) is 6.42 Å². The molecule has 0 atom stereocenters. The number of halogens is 1. The average molecular weight is 264 g/mol. The van der Waals surface area contributed by atoms with Crippen LogP contribution in [0.3, 0.4) is 0 Å². The van der Waals surface area contributed by atoms with Gasteiger partial charge >= 0.3 is 0 Å². The highest BCUT2D eigenvalue weighted by Crippen LogP contribution is 2.22. The molecule has 1 aromatic heterocycles. The van der Waals surface area contributed by atoms with E-state index in [0.29, 0.717) is 12.4 Å². The Kier molecular flexibility index (Phi) is 4.10. The van der Waals surface area contributed by atoms with Crippen LogP contribution in [0.5, 0.6) is 5.75 Å². The summed E-state index contributed by atoms with van der Waals surface area (Å²) in [5.41, 5.74) is 0.0312. The fourth-order valence-corrected chi connectivity index (χ4v) is 2.37. The van der Waals surface area contributed by atoms with Crippen molar-refractivity contribution >= 4 is 17.1 Å². The number of rotatable bonds is 5. The maximum atomic E-state index is 13.5. The molecule has 2 nitrogen and oxygen atoms in total. The van der Waals surface area contributed by atoms with Gasteiger partial charge in [0.1, 0.15) is 11.6 Å². The van der Waals surface area contributed by atoms with Crippen LogP contribution in [0.4, 0.5) is 4.39 Å². The number of carbonyl (C=O) groups is 1. The van der Waals surface area contributed by atoms with Crippen LogP contribution in [0.15, 0.2) is 35.7 Å². The van der Waals surface area contributed by atoms with E-state index in [-0.39, 0.29) is 11.3 Å². The number of Topliss-reactive ketones (excluding diaryl/α,β-unsaturated/α-hetero) is 1. The lowest BCUT2D eigenvalue weighted by Gasteiger charge is -2.09. The van der Waals surface area contributed by atoms with Crippen LogP contribution in [0, 0.1) is 5.82 Å². The van der Waals surface area contributed by atoms with Gasteiger partial charge in [0, 0.05) is 11.3 Å². The van der Waals surface area contributed by atoms with E-state index >= 15 is 0 Å². The molecule has 0 N–H and O–H groups in total. The van der Waals surface area contributed by atoms with E-state index in [1.165, 1.54) is 17.9 Å². The van der Waals surface area contributed by atoms with Crippen molar-refractivity contribution < 1.29 is 13.9 Å². The third-order valence-electron chi connectivity index (χ3n) is 2.51. The van der Waals surface area contributed by atoms with Gasteiger partial charge in [-0.15, -0.1) is 11.3 Å². The smallest absolute Gasteiger partial charge is 0.166 e. The first-order chi connectivity index (χ1) is 8.68. The number of ketones is 1. The molecule has 2 rings (SSSR count). The summed E-state index contributed by atoms with van der Waals surface area (Å²) >= 11 is 1.65. The van der Waals surface area contributed by atoms with Gasteiger partial charge in [0.05, 0.1) is 12.2 Å². The maximum Gasteiger partial charge on any atom is 0.166 e. The molecule has 0 spiro atoms. The number of hydrogen-bond donors (Lipinski definition) is 0. The van der Waals surface area contributed by atoms with Gasteiger partial charge in [-0.3, -0.25) is 4.79 Å². The second-order valence-corrected chi connectivity index (χ2v) is 4.88. The average Bonchev–Trinajstić information content (AvgIpc) is 2.81. The van der Waals surface area contributed by atoms with E-state index in [2.05, 4.69) is 0 Å². The molecule has 18 heavy (non-hydrogen) atoms. The first kappa shape index (κ1) is 12.8.